The molecule has 0 saturated carbocycles. The molecular formula is C19H25N5O2. The number of piperidine rings is 1. The summed E-state index contributed by atoms with van der Waals surface area (Å²) in [5, 5.41) is 11.9. The Morgan fingerprint density at radius 1 is 1.12 bits per heavy atom. The number of carbonyl (C=O) groups excluding carboxylic acids is 1. The van der Waals surface area contributed by atoms with E-state index in [2.05, 4.69) is 28.5 Å². The molecule has 1 fully saturated rings. The van der Waals surface area contributed by atoms with Crippen LogP contribution >= 0.6 is 0 Å². The van der Waals surface area contributed by atoms with Gasteiger partial charge >= 0.3 is 0 Å². The van der Waals surface area contributed by atoms with E-state index in [1.807, 2.05) is 23.1 Å². The van der Waals surface area contributed by atoms with Crippen LogP contribution in [0, 0.1) is 6.92 Å². The summed E-state index contributed by atoms with van der Waals surface area (Å²) in [7, 11) is 0. The van der Waals surface area contributed by atoms with Gasteiger partial charge in [0.2, 0.25) is 5.91 Å². The number of aryl methyl sites for hydroxylation is 2. The van der Waals surface area contributed by atoms with E-state index in [4.69, 9.17) is 4.74 Å². The Bertz CT molecular complexity index is 767. The highest BCUT2D eigenvalue weighted by Gasteiger charge is 2.33. The Morgan fingerprint density at radius 3 is 2.73 bits per heavy atom. The zero-order valence-electron chi connectivity index (χ0n) is 15.2. The molecular weight excluding hydrogens is 330 g/mol. The molecule has 0 unspecified atom stereocenters. The van der Waals surface area contributed by atoms with Gasteiger partial charge in [-0.1, -0.05) is 24.6 Å². The number of benzene rings is 1. The summed E-state index contributed by atoms with van der Waals surface area (Å²) < 4.78 is 7.94. The molecule has 1 amide bonds. The first kappa shape index (κ1) is 17.0. The van der Waals surface area contributed by atoms with Crippen molar-refractivity contribution in [1.82, 2.24) is 25.1 Å². The minimum Gasteiger partial charge on any atom is -0.490 e. The second-order valence-corrected chi connectivity index (χ2v) is 7.22. The van der Waals surface area contributed by atoms with E-state index in [0.717, 1.165) is 68.9 Å². The maximum Gasteiger partial charge on any atom is 0.233 e. The lowest BCUT2D eigenvalue weighted by molar-refractivity contribution is -0.135. The van der Waals surface area contributed by atoms with E-state index in [1.54, 1.807) is 4.68 Å². The van der Waals surface area contributed by atoms with Gasteiger partial charge in [0.1, 0.15) is 11.9 Å². The summed E-state index contributed by atoms with van der Waals surface area (Å²) in [6, 6.07) is 8.09. The largest absolute Gasteiger partial charge is 0.490 e. The van der Waals surface area contributed by atoms with Gasteiger partial charge in [-0.25, -0.2) is 4.68 Å². The Morgan fingerprint density at radius 2 is 1.92 bits per heavy atom. The van der Waals surface area contributed by atoms with E-state index in [1.165, 1.54) is 0 Å². The van der Waals surface area contributed by atoms with Crippen LogP contribution in [0.25, 0.3) is 0 Å². The van der Waals surface area contributed by atoms with E-state index < -0.39 is 0 Å². The normalized spacial score (nSPS) is 21.1. The van der Waals surface area contributed by atoms with Crippen LogP contribution < -0.4 is 4.74 Å². The molecule has 1 aromatic carbocycles. The zero-order chi connectivity index (χ0) is 17.9. The molecule has 138 valence electrons. The fraction of sp³-hybridized carbons (Fsp3) is 0.579. The molecule has 0 radical (unpaired) electrons. The number of carbonyl (C=O) groups is 1. The number of hydrogen-bond donors (Lipinski definition) is 0. The van der Waals surface area contributed by atoms with Crippen LogP contribution in [0.15, 0.2) is 24.3 Å². The molecule has 1 aromatic heterocycles. The van der Waals surface area contributed by atoms with Crippen LogP contribution in [0.5, 0.6) is 5.75 Å². The van der Waals surface area contributed by atoms with E-state index in [9.17, 15) is 4.79 Å². The van der Waals surface area contributed by atoms with Gasteiger partial charge in [0, 0.05) is 32.5 Å². The predicted octanol–water partition coefficient (Wildman–Crippen LogP) is 2.32. The van der Waals surface area contributed by atoms with Gasteiger partial charge in [-0.15, -0.1) is 5.10 Å². The number of likely N-dealkylation sites (tertiary alicyclic amines) is 1. The average Bonchev–Trinajstić information content (AvgIpc) is 3.03. The highest BCUT2D eigenvalue weighted by Crippen LogP contribution is 2.28. The third kappa shape index (κ3) is 3.43. The smallest absolute Gasteiger partial charge is 0.233 e. The van der Waals surface area contributed by atoms with Gasteiger partial charge in [0.25, 0.3) is 0 Å². The first-order chi connectivity index (χ1) is 12.7. The fourth-order valence-corrected chi connectivity index (χ4v) is 3.88. The quantitative estimate of drug-likeness (QED) is 0.845. The Kier molecular flexibility index (Phi) is 4.86. The molecule has 0 spiro atoms. The van der Waals surface area contributed by atoms with Crippen molar-refractivity contribution in [3.8, 4) is 5.75 Å². The number of fused-ring (bicyclic) bond motifs is 1. The van der Waals surface area contributed by atoms with Gasteiger partial charge in [-0.2, -0.15) is 0 Å². The molecule has 2 aromatic rings. The summed E-state index contributed by atoms with van der Waals surface area (Å²) in [6.07, 6.45) is 4.76. The average molecular weight is 355 g/mol. The maximum absolute atomic E-state index is 13.1. The topological polar surface area (TPSA) is 73.1 Å². The molecule has 1 atom stereocenters. The molecule has 7 heteroatoms. The van der Waals surface area contributed by atoms with E-state index in [0.29, 0.717) is 0 Å². The van der Waals surface area contributed by atoms with Crippen molar-refractivity contribution in [2.75, 3.05) is 13.1 Å². The molecule has 2 aliphatic heterocycles. The number of rotatable bonds is 3. The lowest BCUT2D eigenvalue weighted by Gasteiger charge is -2.34. The summed E-state index contributed by atoms with van der Waals surface area (Å²) in [5.41, 5.74) is 1.15. The Hall–Kier alpha value is -2.44. The first-order valence-corrected chi connectivity index (χ1v) is 9.49. The Labute approximate surface area is 153 Å². The van der Waals surface area contributed by atoms with Gasteiger partial charge in [0.15, 0.2) is 5.82 Å². The van der Waals surface area contributed by atoms with Crippen LogP contribution in [0.4, 0.5) is 0 Å². The highest BCUT2D eigenvalue weighted by atomic mass is 16.5. The highest BCUT2D eigenvalue weighted by molar-refractivity contribution is 5.83. The number of nitrogens with zero attached hydrogens (tertiary/aromatic N) is 5. The molecule has 7 nitrogen and oxygen atoms in total. The second-order valence-electron chi connectivity index (χ2n) is 7.22. The minimum atomic E-state index is -0.207. The maximum atomic E-state index is 13.1. The van der Waals surface area contributed by atoms with Crippen molar-refractivity contribution in [3.05, 3.63) is 35.7 Å². The van der Waals surface area contributed by atoms with Crippen LogP contribution in [-0.4, -0.2) is 50.2 Å². The van der Waals surface area contributed by atoms with E-state index >= 15 is 0 Å². The summed E-state index contributed by atoms with van der Waals surface area (Å²) in [6.45, 7) is 4.32. The molecule has 3 heterocycles. The van der Waals surface area contributed by atoms with E-state index in [-0.39, 0.29) is 17.9 Å². The first-order valence-electron chi connectivity index (χ1n) is 9.49. The van der Waals surface area contributed by atoms with Crippen molar-refractivity contribution in [2.24, 2.45) is 0 Å². The van der Waals surface area contributed by atoms with Crippen LogP contribution in [0.1, 0.15) is 49.4 Å². The van der Waals surface area contributed by atoms with Crippen LogP contribution in [0.2, 0.25) is 0 Å². The number of amides is 1. The molecule has 0 aliphatic carbocycles. The standard InChI is InChI=1S/C19H25N5O2/c1-14-6-2-3-8-17(14)26-15-9-12-23(13-10-15)19(25)16-7-4-5-11-24-18(16)20-21-22-24/h2-3,6,8,15-16H,4-5,7,9-13H2,1H3/t16-/m0/s1. The molecule has 1 saturated heterocycles. The van der Waals surface area contributed by atoms with Crippen molar-refractivity contribution in [3.63, 3.8) is 0 Å². The molecule has 4 rings (SSSR count). The third-order valence-electron chi connectivity index (χ3n) is 5.42. The van der Waals surface area contributed by atoms with Gasteiger partial charge in [-0.05, 0) is 41.8 Å². The number of ether oxygens (including phenoxy) is 1. The fourth-order valence-electron chi connectivity index (χ4n) is 3.88. The van der Waals surface area contributed by atoms with Crippen LogP contribution in [0.3, 0.4) is 0 Å². The summed E-state index contributed by atoms with van der Waals surface area (Å²) in [4.78, 5) is 15.0. The van der Waals surface area contributed by atoms with Gasteiger partial charge < -0.3 is 9.64 Å². The van der Waals surface area contributed by atoms with Gasteiger partial charge in [0.05, 0.1) is 5.92 Å². The number of para-hydroxylation sites is 1. The predicted molar refractivity (Wildman–Crippen MR) is 95.8 cm³/mol. The lowest BCUT2D eigenvalue weighted by atomic mass is 9.98. The minimum absolute atomic E-state index is 0.164. The molecule has 26 heavy (non-hydrogen) atoms. The van der Waals surface area contributed by atoms with Crippen molar-refractivity contribution < 1.29 is 9.53 Å². The molecule has 0 N–H and O–H groups in total. The molecule has 2 aliphatic rings. The molecule has 0 bridgehead atoms. The monoisotopic (exact) mass is 355 g/mol. The summed E-state index contributed by atoms with van der Waals surface area (Å²) >= 11 is 0. The third-order valence-corrected chi connectivity index (χ3v) is 5.42. The summed E-state index contributed by atoms with van der Waals surface area (Å²) in [5.74, 6) is 1.63. The van der Waals surface area contributed by atoms with Crippen molar-refractivity contribution >= 4 is 5.91 Å². The second kappa shape index (κ2) is 7.43. The lowest BCUT2D eigenvalue weighted by Crippen LogP contribution is -2.44. The van der Waals surface area contributed by atoms with Crippen LogP contribution in [-0.2, 0) is 11.3 Å². The van der Waals surface area contributed by atoms with Crippen molar-refractivity contribution in [2.45, 2.75) is 57.6 Å². The van der Waals surface area contributed by atoms with Gasteiger partial charge in [-0.3, -0.25) is 4.79 Å². The number of hydrogen-bond acceptors (Lipinski definition) is 5. The SMILES string of the molecule is Cc1ccccc1OC1CCN(C(=O)[C@H]2CCCCn3nnnc32)CC1. The number of tetrazole rings is 1. The number of aromatic nitrogens is 4. The van der Waals surface area contributed by atoms with Crippen molar-refractivity contribution in [1.29, 1.82) is 0 Å². The Balaban J connectivity index is 1.38. The zero-order valence-corrected chi connectivity index (χ0v) is 15.2.